The number of fused-ring (bicyclic) bond motifs is 1. The Morgan fingerprint density at radius 1 is 1.46 bits per heavy atom. The van der Waals surface area contributed by atoms with Crippen LogP contribution in [0.4, 0.5) is 0 Å². The quantitative estimate of drug-likeness (QED) is 0.537. The lowest BCUT2D eigenvalue weighted by Crippen LogP contribution is -2.50. The average molecular weight is 179 g/mol. The second-order valence-electron chi connectivity index (χ2n) is 3.59. The van der Waals surface area contributed by atoms with Crippen LogP contribution in [-0.2, 0) is 12.1 Å². The summed E-state index contributed by atoms with van der Waals surface area (Å²) < 4.78 is 0. The van der Waals surface area contributed by atoms with E-state index in [1.54, 1.807) is 6.92 Å². The summed E-state index contributed by atoms with van der Waals surface area (Å²) in [6, 6.07) is 7.59. The van der Waals surface area contributed by atoms with Crippen LogP contribution < -0.4 is 5.32 Å². The highest BCUT2D eigenvalue weighted by Gasteiger charge is 2.32. The molecule has 13 heavy (non-hydrogen) atoms. The van der Waals surface area contributed by atoms with Crippen LogP contribution in [0.2, 0.25) is 0 Å². The highest BCUT2D eigenvalue weighted by Crippen LogP contribution is 2.27. The van der Waals surface area contributed by atoms with Crippen LogP contribution in [0, 0.1) is 0 Å². The molecule has 2 atom stereocenters. The minimum atomic E-state index is -1.12. The van der Waals surface area contributed by atoms with Crippen molar-refractivity contribution in [1.29, 1.82) is 0 Å². The molecule has 0 aromatic heterocycles. The lowest BCUT2D eigenvalue weighted by atomic mass is 9.92. The third kappa shape index (κ3) is 1.46. The summed E-state index contributed by atoms with van der Waals surface area (Å²) in [6.07, 6.45) is -0.114. The average Bonchev–Trinajstić information content (AvgIpc) is 2.02. The van der Waals surface area contributed by atoms with Crippen molar-refractivity contribution in [2.45, 2.75) is 25.3 Å². The van der Waals surface area contributed by atoms with Gasteiger partial charge in [0.1, 0.15) is 12.0 Å². The maximum Gasteiger partial charge on any atom is 0.141 e. The first-order valence-corrected chi connectivity index (χ1v) is 4.36. The van der Waals surface area contributed by atoms with Gasteiger partial charge in [-0.05, 0) is 12.5 Å². The van der Waals surface area contributed by atoms with Crippen molar-refractivity contribution >= 4 is 0 Å². The van der Waals surface area contributed by atoms with Gasteiger partial charge in [0.15, 0.2) is 0 Å². The summed E-state index contributed by atoms with van der Waals surface area (Å²) in [5.74, 6) is 0. The zero-order valence-corrected chi connectivity index (χ0v) is 7.49. The summed E-state index contributed by atoms with van der Waals surface area (Å²) in [6.45, 7) is 1.65. The lowest BCUT2D eigenvalue weighted by molar-refractivity contribution is -0.0482. The Labute approximate surface area is 77.0 Å². The van der Waals surface area contributed by atoms with Crippen molar-refractivity contribution in [2.24, 2.45) is 0 Å². The summed E-state index contributed by atoms with van der Waals surface area (Å²) in [4.78, 5) is 0. The van der Waals surface area contributed by atoms with Gasteiger partial charge >= 0.3 is 0 Å². The molecule has 0 radical (unpaired) electrons. The molecule has 0 saturated carbocycles. The molecule has 3 nitrogen and oxygen atoms in total. The molecule has 0 saturated heterocycles. The van der Waals surface area contributed by atoms with E-state index in [2.05, 4.69) is 5.32 Å². The van der Waals surface area contributed by atoms with E-state index in [9.17, 15) is 10.2 Å². The smallest absolute Gasteiger partial charge is 0.141 e. The van der Waals surface area contributed by atoms with Gasteiger partial charge in [-0.15, -0.1) is 0 Å². The van der Waals surface area contributed by atoms with Gasteiger partial charge in [0, 0.05) is 12.0 Å². The first-order valence-electron chi connectivity index (χ1n) is 4.36. The second-order valence-corrected chi connectivity index (χ2v) is 3.59. The van der Waals surface area contributed by atoms with Gasteiger partial charge in [0.05, 0.1) is 0 Å². The normalized spacial score (nSPS) is 32.7. The Hall–Kier alpha value is -0.900. The van der Waals surface area contributed by atoms with Crippen molar-refractivity contribution in [3.05, 3.63) is 35.4 Å². The standard InChI is InChI=1S/C10H13NO2/c1-10(13)8-5-3-2-4-7(8)6-9(12)11-10/h2-5,9,11-13H,6H2,1H3. The maximum atomic E-state index is 9.93. The number of nitrogens with one attached hydrogen (secondary N) is 1. The number of aliphatic hydroxyl groups excluding tert-OH is 1. The molecule has 2 rings (SSSR count). The predicted molar refractivity (Wildman–Crippen MR) is 48.9 cm³/mol. The monoisotopic (exact) mass is 179 g/mol. The van der Waals surface area contributed by atoms with Gasteiger partial charge < -0.3 is 10.2 Å². The van der Waals surface area contributed by atoms with Crippen molar-refractivity contribution < 1.29 is 10.2 Å². The first-order chi connectivity index (χ1) is 6.09. The van der Waals surface area contributed by atoms with E-state index in [0.29, 0.717) is 6.42 Å². The fourth-order valence-corrected chi connectivity index (χ4v) is 1.83. The fourth-order valence-electron chi connectivity index (χ4n) is 1.83. The molecule has 3 N–H and O–H groups in total. The minimum absolute atomic E-state index is 0.548. The van der Waals surface area contributed by atoms with Crippen LogP contribution in [-0.4, -0.2) is 16.4 Å². The number of hydrogen-bond acceptors (Lipinski definition) is 3. The predicted octanol–water partition coefficient (Wildman–Crippen LogP) is 0.316. The Morgan fingerprint density at radius 2 is 2.15 bits per heavy atom. The Morgan fingerprint density at radius 3 is 2.92 bits per heavy atom. The fraction of sp³-hybridized carbons (Fsp3) is 0.400. The van der Waals surface area contributed by atoms with Crippen molar-refractivity contribution in [1.82, 2.24) is 5.32 Å². The molecule has 1 aliphatic rings. The molecule has 1 heterocycles. The molecule has 70 valence electrons. The van der Waals surface area contributed by atoms with Crippen LogP contribution in [0.5, 0.6) is 0 Å². The Kier molecular flexibility index (Phi) is 1.87. The molecule has 1 aromatic rings. The molecule has 0 aliphatic carbocycles. The number of rotatable bonds is 0. The molecule has 0 bridgehead atoms. The van der Waals surface area contributed by atoms with E-state index in [-0.39, 0.29) is 0 Å². The molecule has 2 unspecified atom stereocenters. The zero-order chi connectivity index (χ0) is 9.47. The van der Waals surface area contributed by atoms with Gasteiger partial charge in [-0.3, -0.25) is 5.32 Å². The number of hydrogen-bond donors (Lipinski definition) is 3. The van der Waals surface area contributed by atoms with E-state index in [4.69, 9.17) is 0 Å². The van der Waals surface area contributed by atoms with Crippen molar-refractivity contribution in [2.75, 3.05) is 0 Å². The summed E-state index contributed by atoms with van der Waals surface area (Å²) >= 11 is 0. The number of benzene rings is 1. The summed E-state index contributed by atoms with van der Waals surface area (Å²) in [5.41, 5.74) is 0.730. The Bertz CT molecular complexity index is 322. The zero-order valence-electron chi connectivity index (χ0n) is 7.49. The van der Waals surface area contributed by atoms with Gasteiger partial charge in [-0.25, -0.2) is 0 Å². The highest BCUT2D eigenvalue weighted by molar-refractivity contribution is 5.34. The molecular weight excluding hydrogens is 166 g/mol. The minimum Gasteiger partial charge on any atom is -0.378 e. The van der Waals surface area contributed by atoms with E-state index in [0.717, 1.165) is 11.1 Å². The van der Waals surface area contributed by atoms with Gasteiger partial charge in [0.2, 0.25) is 0 Å². The van der Waals surface area contributed by atoms with E-state index in [1.807, 2.05) is 24.3 Å². The third-order valence-electron chi connectivity index (χ3n) is 2.40. The van der Waals surface area contributed by atoms with E-state index < -0.39 is 12.0 Å². The highest BCUT2D eigenvalue weighted by atomic mass is 16.3. The second kappa shape index (κ2) is 2.80. The molecule has 0 amide bonds. The largest absolute Gasteiger partial charge is 0.378 e. The molecular formula is C10H13NO2. The molecule has 1 aliphatic heterocycles. The van der Waals surface area contributed by atoms with E-state index >= 15 is 0 Å². The molecule has 1 aromatic carbocycles. The summed E-state index contributed by atoms with van der Waals surface area (Å²) in [5, 5.41) is 22.1. The maximum absolute atomic E-state index is 9.93. The lowest BCUT2D eigenvalue weighted by Gasteiger charge is -2.35. The summed E-state index contributed by atoms with van der Waals surface area (Å²) in [7, 11) is 0. The van der Waals surface area contributed by atoms with Crippen molar-refractivity contribution in [3.8, 4) is 0 Å². The van der Waals surface area contributed by atoms with Gasteiger partial charge in [-0.1, -0.05) is 24.3 Å². The molecule has 0 spiro atoms. The van der Waals surface area contributed by atoms with Gasteiger partial charge in [0.25, 0.3) is 0 Å². The first kappa shape index (κ1) is 8.69. The van der Waals surface area contributed by atoms with Gasteiger partial charge in [-0.2, -0.15) is 0 Å². The molecule has 0 fully saturated rings. The van der Waals surface area contributed by atoms with Crippen LogP contribution in [0.25, 0.3) is 0 Å². The Balaban J connectivity index is 2.50. The van der Waals surface area contributed by atoms with Crippen LogP contribution in [0.15, 0.2) is 24.3 Å². The van der Waals surface area contributed by atoms with E-state index in [1.165, 1.54) is 0 Å². The van der Waals surface area contributed by atoms with Crippen LogP contribution in [0.1, 0.15) is 18.1 Å². The number of aliphatic hydroxyl groups is 2. The van der Waals surface area contributed by atoms with Crippen LogP contribution in [0.3, 0.4) is 0 Å². The van der Waals surface area contributed by atoms with Crippen LogP contribution >= 0.6 is 0 Å². The topological polar surface area (TPSA) is 52.5 Å². The molecule has 3 heteroatoms. The van der Waals surface area contributed by atoms with Crippen molar-refractivity contribution in [3.63, 3.8) is 0 Å². The third-order valence-corrected chi connectivity index (χ3v) is 2.40. The SMILES string of the molecule is CC1(O)NC(O)Cc2ccccc21.